The summed E-state index contributed by atoms with van der Waals surface area (Å²) in [5.74, 6) is -0.105. The number of amides is 1. The molecule has 1 aliphatic rings. The van der Waals surface area contributed by atoms with Gasteiger partial charge >= 0.3 is 0 Å². The number of hydrogen-bond acceptors (Lipinski definition) is 3. The fourth-order valence-electron chi connectivity index (χ4n) is 2.48. The summed E-state index contributed by atoms with van der Waals surface area (Å²) in [5.41, 5.74) is 0.0258. The second-order valence-electron chi connectivity index (χ2n) is 5.15. The van der Waals surface area contributed by atoms with E-state index in [-0.39, 0.29) is 12.5 Å². The van der Waals surface area contributed by atoms with Gasteiger partial charge < -0.3 is 10.4 Å². The number of hydrogen-bond donors (Lipinski definition) is 2. The Morgan fingerprint density at radius 1 is 1.47 bits per heavy atom. The number of carbonyl (C=O) groups is 1. The van der Waals surface area contributed by atoms with Gasteiger partial charge in [-0.15, -0.1) is 0 Å². The number of nitrogens with zero attached hydrogens (tertiary/aromatic N) is 1. The summed E-state index contributed by atoms with van der Waals surface area (Å²) in [6.07, 6.45) is 1.74. The summed E-state index contributed by atoms with van der Waals surface area (Å²) in [7, 11) is 0. The highest BCUT2D eigenvalue weighted by molar-refractivity contribution is 6.33. The maximum Gasteiger partial charge on any atom is 0.238 e. The van der Waals surface area contributed by atoms with Gasteiger partial charge in [0.05, 0.1) is 22.9 Å². The Labute approximate surface area is 118 Å². The molecule has 0 atom stereocenters. The fourth-order valence-corrected chi connectivity index (χ4v) is 2.66. The number of para-hydroxylation sites is 1. The van der Waals surface area contributed by atoms with Crippen LogP contribution in [0.2, 0.25) is 5.02 Å². The molecule has 1 aliphatic heterocycles. The molecule has 0 bridgehead atoms. The summed E-state index contributed by atoms with van der Waals surface area (Å²) in [6, 6.07) is 7.15. The van der Waals surface area contributed by atoms with Crippen molar-refractivity contribution in [3.05, 3.63) is 29.3 Å². The van der Waals surface area contributed by atoms with E-state index in [1.54, 1.807) is 12.1 Å². The minimum absolute atomic E-state index is 0.105. The third kappa shape index (κ3) is 3.69. The zero-order valence-corrected chi connectivity index (χ0v) is 11.8. The first kappa shape index (κ1) is 14.3. The number of benzene rings is 1. The molecule has 104 valence electrons. The van der Waals surface area contributed by atoms with Gasteiger partial charge in [0.25, 0.3) is 0 Å². The molecule has 1 saturated heterocycles. The summed E-state index contributed by atoms with van der Waals surface area (Å²) < 4.78 is 0. The highest BCUT2D eigenvalue weighted by Crippen LogP contribution is 2.25. The van der Waals surface area contributed by atoms with Crippen molar-refractivity contribution >= 4 is 23.2 Å². The lowest BCUT2D eigenvalue weighted by Gasteiger charge is -2.46. The molecule has 5 heteroatoms. The largest absolute Gasteiger partial charge is 0.387 e. The Kier molecular flexibility index (Phi) is 4.45. The van der Waals surface area contributed by atoms with E-state index < -0.39 is 5.60 Å². The number of likely N-dealkylation sites (tertiary alicyclic amines) is 1. The second kappa shape index (κ2) is 5.90. The number of anilines is 1. The van der Waals surface area contributed by atoms with Crippen LogP contribution in [-0.2, 0) is 4.79 Å². The summed E-state index contributed by atoms with van der Waals surface area (Å²) in [5, 5.41) is 13.3. The van der Waals surface area contributed by atoms with Crippen LogP contribution in [0.1, 0.15) is 19.8 Å². The van der Waals surface area contributed by atoms with Crippen LogP contribution in [-0.4, -0.2) is 41.1 Å². The molecule has 1 heterocycles. The highest BCUT2D eigenvalue weighted by atomic mass is 35.5. The van der Waals surface area contributed by atoms with E-state index in [0.717, 1.165) is 12.8 Å². The van der Waals surface area contributed by atoms with Crippen LogP contribution in [0.15, 0.2) is 24.3 Å². The molecule has 1 aromatic rings. The Bertz CT molecular complexity index is 459. The minimum atomic E-state index is -0.598. The van der Waals surface area contributed by atoms with Gasteiger partial charge in [0, 0.05) is 13.1 Å². The SMILES string of the molecule is CCCC1(O)CN(CC(=O)Nc2ccccc2Cl)C1. The third-order valence-corrected chi connectivity index (χ3v) is 3.60. The molecule has 19 heavy (non-hydrogen) atoms. The zero-order chi connectivity index (χ0) is 13.9. The standard InChI is InChI=1S/C14H19ClN2O2/c1-2-7-14(19)9-17(10-14)8-13(18)16-12-6-4-3-5-11(12)15/h3-6,19H,2,7-10H2,1H3,(H,16,18). The molecule has 0 radical (unpaired) electrons. The molecule has 0 aliphatic carbocycles. The van der Waals surface area contributed by atoms with E-state index in [1.165, 1.54) is 0 Å². The van der Waals surface area contributed by atoms with Crippen LogP contribution >= 0.6 is 11.6 Å². The van der Waals surface area contributed by atoms with E-state index in [4.69, 9.17) is 11.6 Å². The van der Waals surface area contributed by atoms with Crippen LogP contribution in [0, 0.1) is 0 Å². The highest BCUT2D eigenvalue weighted by Gasteiger charge is 2.40. The van der Waals surface area contributed by atoms with Crippen molar-refractivity contribution in [3.63, 3.8) is 0 Å². The van der Waals surface area contributed by atoms with Gasteiger partial charge in [-0.1, -0.05) is 37.1 Å². The van der Waals surface area contributed by atoms with Crippen LogP contribution in [0.3, 0.4) is 0 Å². The molecule has 4 nitrogen and oxygen atoms in total. The molecule has 2 rings (SSSR count). The van der Waals surface area contributed by atoms with Crippen molar-refractivity contribution in [2.24, 2.45) is 0 Å². The molecule has 0 saturated carbocycles. The van der Waals surface area contributed by atoms with Crippen molar-refractivity contribution in [2.45, 2.75) is 25.4 Å². The van der Waals surface area contributed by atoms with Crippen molar-refractivity contribution in [1.29, 1.82) is 0 Å². The number of nitrogens with one attached hydrogen (secondary N) is 1. The van der Waals surface area contributed by atoms with Crippen molar-refractivity contribution < 1.29 is 9.90 Å². The number of aliphatic hydroxyl groups is 1. The van der Waals surface area contributed by atoms with Gasteiger partial charge in [-0.25, -0.2) is 0 Å². The molecular weight excluding hydrogens is 264 g/mol. The molecule has 1 aromatic carbocycles. The normalized spacial score (nSPS) is 17.8. The first-order chi connectivity index (χ1) is 9.02. The van der Waals surface area contributed by atoms with Crippen molar-refractivity contribution in [2.75, 3.05) is 25.0 Å². The number of rotatable bonds is 5. The predicted molar refractivity (Wildman–Crippen MR) is 76.4 cm³/mol. The lowest BCUT2D eigenvalue weighted by molar-refractivity contribution is -0.129. The summed E-state index contributed by atoms with van der Waals surface area (Å²) in [6.45, 7) is 3.47. The monoisotopic (exact) mass is 282 g/mol. The first-order valence-corrected chi connectivity index (χ1v) is 6.89. The molecule has 2 N–H and O–H groups in total. The van der Waals surface area contributed by atoms with E-state index in [2.05, 4.69) is 5.32 Å². The van der Waals surface area contributed by atoms with Crippen LogP contribution in [0.25, 0.3) is 0 Å². The molecule has 0 aromatic heterocycles. The van der Waals surface area contributed by atoms with E-state index in [1.807, 2.05) is 24.0 Å². The Balaban J connectivity index is 1.79. The molecule has 1 amide bonds. The lowest BCUT2D eigenvalue weighted by Crippen LogP contribution is -2.62. The summed E-state index contributed by atoms with van der Waals surface area (Å²) >= 11 is 5.97. The maximum atomic E-state index is 11.8. The average Bonchev–Trinajstić information content (AvgIpc) is 2.30. The third-order valence-electron chi connectivity index (χ3n) is 3.27. The van der Waals surface area contributed by atoms with E-state index in [0.29, 0.717) is 23.8 Å². The predicted octanol–water partition coefficient (Wildman–Crippen LogP) is 2.13. The Morgan fingerprint density at radius 3 is 2.79 bits per heavy atom. The van der Waals surface area contributed by atoms with Crippen LogP contribution in [0.5, 0.6) is 0 Å². The van der Waals surface area contributed by atoms with Gasteiger partial charge in [0.2, 0.25) is 5.91 Å². The smallest absolute Gasteiger partial charge is 0.238 e. The fraction of sp³-hybridized carbons (Fsp3) is 0.500. The van der Waals surface area contributed by atoms with E-state index in [9.17, 15) is 9.90 Å². The molecular formula is C14H19ClN2O2. The topological polar surface area (TPSA) is 52.6 Å². The number of β-amino-alcohol motifs (C(OH)–C–C–N with tert-alkyl or cyclic N) is 1. The van der Waals surface area contributed by atoms with Crippen molar-refractivity contribution in [3.8, 4) is 0 Å². The zero-order valence-electron chi connectivity index (χ0n) is 11.0. The van der Waals surface area contributed by atoms with Gasteiger partial charge in [0.1, 0.15) is 0 Å². The quantitative estimate of drug-likeness (QED) is 0.870. The van der Waals surface area contributed by atoms with Gasteiger partial charge in [-0.05, 0) is 18.6 Å². The minimum Gasteiger partial charge on any atom is -0.387 e. The average molecular weight is 283 g/mol. The molecule has 0 spiro atoms. The van der Waals surface area contributed by atoms with E-state index >= 15 is 0 Å². The Hall–Kier alpha value is -1.10. The lowest BCUT2D eigenvalue weighted by atomic mass is 9.89. The van der Waals surface area contributed by atoms with Crippen LogP contribution < -0.4 is 5.32 Å². The molecule has 1 fully saturated rings. The van der Waals surface area contributed by atoms with Gasteiger partial charge in [0.15, 0.2) is 0 Å². The summed E-state index contributed by atoms with van der Waals surface area (Å²) in [4.78, 5) is 13.8. The second-order valence-corrected chi connectivity index (χ2v) is 5.55. The van der Waals surface area contributed by atoms with Gasteiger partial charge in [-0.3, -0.25) is 9.69 Å². The number of halogens is 1. The number of carbonyl (C=O) groups excluding carboxylic acids is 1. The molecule has 0 unspecified atom stereocenters. The maximum absolute atomic E-state index is 11.8. The Morgan fingerprint density at radius 2 is 2.16 bits per heavy atom. The first-order valence-electron chi connectivity index (χ1n) is 6.51. The van der Waals surface area contributed by atoms with Crippen LogP contribution in [0.4, 0.5) is 5.69 Å². The van der Waals surface area contributed by atoms with Gasteiger partial charge in [-0.2, -0.15) is 0 Å². The van der Waals surface area contributed by atoms with Crippen molar-refractivity contribution in [1.82, 2.24) is 4.90 Å².